The number of aliphatic hydroxyl groups is 3. The first-order valence-corrected chi connectivity index (χ1v) is 24.6. The van der Waals surface area contributed by atoms with Gasteiger partial charge in [0.15, 0.2) is 0 Å². The third-order valence-corrected chi connectivity index (χ3v) is 12.0. The monoisotopic (exact) mass is 767 g/mol. The molecule has 0 fully saturated rings. The van der Waals surface area contributed by atoms with Crippen molar-refractivity contribution in [2.24, 2.45) is 5.41 Å². The van der Waals surface area contributed by atoms with Crippen LogP contribution in [0.25, 0.3) is 0 Å². The SMILES string of the molecule is CCCCCCCCCCCCCCCCCCCCCCCCCCCCCCCCCCCCCCCCCCCC(=O)OCC(CO)(CO)CO. The highest BCUT2D eigenvalue weighted by Crippen LogP contribution is 2.19. The molecule has 0 aromatic rings. The maximum atomic E-state index is 11.9. The summed E-state index contributed by atoms with van der Waals surface area (Å²) in [4.78, 5) is 11.9. The summed E-state index contributed by atoms with van der Waals surface area (Å²) in [5.41, 5.74) is -1.14. The lowest BCUT2D eigenvalue weighted by molar-refractivity contribution is -0.151. The average molecular weight is 767 g/mol. The van der Waals surface area contributed by atoms with Crippen LogP contribution < -0.4 is 0 Å². The predicted molar refractivity (Wildman–Crippen MR) is 234 cm³/mol. The van der Waals surface area contributed by atoms with E-state index in [0.717, 1.165) is 19.3 Å². The van der Waals surface area contributed by atoms with E-state index in [4.69, 9.17) is 4.74 Å². The minimum atomic E-state index is -1.14. The molecule has 5 heteroatoms. The third kappa shape index (κ3) is 39.6. The van der Waals surface area contributed by atoms with E-state index >= 15 is 0 Å². The summed E-state index contributed by atoms with van der Waals surface area (Å²) < 4.78 is 5.14. The van der Waals surface area contributed by atoms with E-state index in [2.05, 4.69) is 6.92 Å². The summed E-state index contributed by atoms with van der Waals surface area (Å²) in [6, 6.07) is 0. The van der Waals surface area contributed by atoms with Crippen molar-refractivity contribution in [3.8, 4) is 0 Å². The van der Waals surface area contributed by atoms with Crippen LogP contribution in [0.15, 0.2) is 0 Å². The highest BCUT2D eigenvalue weighted by Gasteiger charge is 2.30. The van der Waals surface area contributed by atoms with Crippen LogP contribution in [0.3, 0.4) is 0 Å². The maximum absolute atomic E-state index is 11.9. The molecule has 0 aliphatic rings. The molecule has 0 saturated heterocycles. The molecule has 0 aliphatic heterocycles. The number of rotatable bonds is 47. The first kappa shape index (κ1) is 53.4. The Morgan fingerprint density at radius 1 is 0.333 bits per heavy atom. The highest BCUT2D eigenvalue weighted by molar-refractivity contribution is 5.69. The molecule has 0 atom stereocenters. The molecule has 54 heavy (non-hydrogen) atoms. The van der Waals surface area contributed by atoms with Gasteiger partial charge in [-0.15, -0.1) is 0 Å². The van der Waals surface area contributed by atoms with Crippen molar-refractivity contribution >= 4 is 5.97 Å². The normalized spacial score (nSPS) is 11.9. The van der Waals surface area contributed by atoms with Crippen molar-refractivity contribution in [1.82, 2.24) is 0 Å². The first-order valence-electron chi connectivity index (χ1n) is 24.6. The lowest BCUT2D eigenvalue weighted by Crippen LogP contribution is -2.39. The molecule has 0 spiro atoms. The number of hydrogen-bond donors (Lipinski definition) is 3. The molecule has 0 saturated carbocycles. The van der Waals surface area contributed by atoms with Gasteiger partial charge in [-0.1, -0.05) is 264 Å². The van der Waals surface area contributed by atoms with Gasteiger partial charge >= 0.3 is 5.97 Å². The Bertz CT molecular complexity index is 700. The Labute approximate surface area is 338 Å². The second kappa shape index (κ2) is 45.1. The predicted octanol–water partition coefficient (Wildman–Crippen LogP) is 14.9. The number of carbonyl (C=O) groups excluding carboxylic acids is 1. The van der Waals surface area contributed by atoms with Gasteiger partial charge in [-0.2, -0.15) is 0 Å². The van der Waals surface area contributed by atoms with E-state index in [-0.39, 0.29) is 12.6 Å². The Balaban J connectivity index is 3.15. The highest BCUT2D eigenvalue weighted by atomic mass is 16.5. The summed E-state index contributed by atoms with van der Waals surface area (Å²) in [6.45, 7) is 0.931. The number of ether oxygens (including phenoxy) is 1. The minimum Gasteiger partial charge on any atom is -0.465 e. The molecule has 0 heterocycles. The Kier molecular flexibility index (Phi) is 44.5. The van der Waals surface area contributed by atoms with Crippen LogP contribution >= 0.6 is 0 Å². The summed E-state index contributed by atoms with van der Waals surface area (Å²) in [5, 5.41) is 27.9. The molecular weight excluding hydrogens is 669 g/mol. The summed E-state index contributed by atoms with van der Waals surface area (Å²) in [7, 11) is 0. The lowest BCUT2D eigenvalue weighted by atomic mass is 9.93. The van der Waals surface area contributed by atoms with Gasteiger partial charge in [0.2, 0.25) is 0 Å². The van der Waals surface area contributed by atoms with Crippen molar-refractivity contribution in [3.63, 3.8) is 0 Å². The van der Waals surface area contributed by atoms with Crippen molar-refractivity contribution in [3.05, 3.63) is 0 Å². The van der Waals surface area contributed by atoms with Gasteiger partial charge in [0.25, 0.3) is 0 Å². The molecule has 0 radical (unpaired) electrons. The van der Waals surface area contributed by atoms with Gasteiger partial charge in [0.1, 0.15) is 6.61 Å². The lowest BCUT2D eigenvalue weighted by Gasteiger charge is -2.26. The summed E-state index contributed by atoms with van der Waals surface area (Å²) in [6.07, 6.45) is 58.0. The molecule has 0 aromatic carbocycles. The van der Waals surface area contributed by atoms with Crippen LogP contribution in [-0.2, 0) is 9.53 Å². The van der Waals surface area contributed by atoms with E-state index in [1.54, 1.807) is 0 Å². The van der Waals surface area contributed by atoms with Crippen LogP contribution in [0.4, 0.5) is 0 Å². The fraction of sp³-hybridized carbons (Fsp3) is 0.980. The molecular formula is C49H98O5. The Morgan fingerprint density at radius 2 is 0.519 bits per heavy atom. The maximum Gasteiger partial charge on any atom is 0.305 e. The van der Waals surface area contributed by atoms with Crippen LogP contribution in [-0.4, -0.2) is 47.7 Å². The van der Waals surface area contributed by atoms with E-state index in [0.29, 0.717) is 6.42 Å². The second-order valence-corrected chi connectivity index (χ2v) is 17.5. The van der Waals surface area contributed by atoms with E-state index in [1.165, 1.54) is 244 Å². The largest absolute Gasteiger partial charge is 0.465 e. The molecule has 0 aromatic heterocycles. The zero-order chi connectivity index (χ0) is 39.3. The van der Waals surface area contributed by atoms with Gasteiger partial charge in [-0.05, 0) is 6.42 Å². The van der Waals surface area contributed by atoms with Crippen molar-refractivity contribution in [2.45, 2.75) is 277 Å². The molecule has 5 nitrogen and oxygen atoms in total. The Morgan fingerprint density at radius 3 is 0.704 bits per heavy atom. The van der Waals surface area contributed by atoms with Gasteiger partial charge in [0.05, 0.1) is 25.2 Å². The first-order chi connectivity index (χ1) is 26.6. The fourth-order valence-electron chi connectivity index (χ4n) is 7.83. The molecule has 0 amide bonds. The smallest absolute Gasteiger partial charge is 0.305 e. The molecule has 324 valence electrons. The molecule has 0 aliphatic carbocycles. The number of aliphatic hydroxyl groups excluding tert-OH is 3. The third-order valence-electron chi connectivity index (χ3n) is 12.0. The molecule has 0 bridgehead atoms. The van der Waals surface area contributed by atoms with E-state index in [9.17, 15) is 20.1 Å². The molecule has 0 rings (SSSR count). The van der Waals surface area contributed by atoms with Gasteiger partial charge in [-0.25, -0.2) is 0 Å². The van der Waals surface area contributed by atoms with Gasteiger partial charge in [0, 0.05) is 6.42 Å². The van der Waals surface area contributed by atoms with Gasteiger partial charge in [-0.3, -0.25) is 4.79 Å². The van der Waals surface area contributed by atoms with Crippen molar-refractivity contribution < 1.29 is 24.9 Å². The standard InChI is InChI=1S/C49H98O5/c1-2-3-4-5-6-7-8-9-10-11-12-13-14-15-16-17-18-19-20-21-22-23-24-25-26-27-28-29-30-31-32-33-34-35-36-37-38-39-40-41-42-43-48(53)54-47-49(44-50,45-51)46-52/h50-52H,2-47H2,1H3. The van der Waals surface area contributed by atoms with Crippen molar-refractivity contribution in [1.29, 1.82) is 0 Å². The van der Waals surface area contributed by atoms with Crippen LogP contribution in [0.1, 0.15) is 277 Å². The van der Waals surface area contributed by atoms with E-state index < -0.39 is 25.2 Å². The summed E-state index contributed by atoms with van der Waals surface area (Å²) >= 11 is 0. The fourth-order valence-corrected chi connectivity index (χ4v) is 7.83. The van der Waals surface area contributed by atoms with Crippen molar-refractivity contribution in [2.75, 3.05) is 26.4 Å². The number of unbranched alkanes of at least 4 members (excludes halogenated alkanes) is 40. The van der Waals surface area contributed by atoms with Crippen LogP contribution in [0.5, 0.6) is 0 Å². The molecule has 3 N–H and O–H groups in total. The van der Waals surface area contributed by atoms with Crippen LogP contribution in [0, 0.1) is 5.41 Å². The Hall–Kier alpha value is -0.650. The van der Waals surface area contributed by atoms with Crippen LogP contribution in [0.2, 0.25) is 0 Å². The minimum absolute atomic E-state index is 0.144. The zero-order valence-electron chi connectivity index (χ0n) is 36.7. The number of carbonyl (C=O) groups is 1. The number of esters is 1. The second-order valence-electron chi connectivity index (χ2n) is 17.5. The quantitative estimate of drug-likeness (QED) is 0.0424. The zero-order valence-corrected chi connectivity index (χ0v) is 36.7. The average Bonchev–Trinajstić information content (AvgIpc) is 3.19. The number of hydrogen-bond acceptors (Lipinski definition) is 5. The summed E-state index contributed by atoms with van der Waals surface area (Å²) in [5.74, 6) is -0.318. The topological polar surface area (TPSA) is 87.0 Å². The van der Waals surface area contributed by atoms with E-state index in [1.807, 2.05) is 0 Å². The van der Waals surface area contributed by atoms with Gasteiger partial charge < -0.3 is 20.1 Å². The molecule has 0 unspecified atom stereocenters.